The molecule has 2 rings (SSSR count). The Morgan fingerprint density at radius 2 is 2.45 bits per heavy atom. The molecule has 0 amide bonds. The third-order valence-corrected chi connectivity index (χ3v) is 2.40. The molecule has 1 aliphatic heterocycles. The molecule has 1 fully saturated rings. The predicted molar refractivity (Wildman–Crippen MR) is 37.7 cm³/mol. The van der Waals surface area contributed by atoms with Gasteiger partial charge in [0.15, 0.2) is 0 Å². The molecule has 0 aromatic carbocycles. The second kappa shape index (κ2) is 2.34. The highest BCUT2D eigenvalue weighted by atomic mass is 16.5. The summed E-state index contributed by atoms with van der Waals surface area (Å²) in [6, 6.07) is 0. The maximum absolute atomic E-state index is 10.8. The molecule has 0 bridgehead atoms. The molecule has 1 heterocycles. The minimum atomic E-state index is -0.136. The van der Waals surface area contributed by atoms with Gasteiger partial charge in [0, 0.05) is 18.4 Å². The fourth-order valence-corrected chi connectivity index (χ4v) is 1.76. The normalized spacial score (nSPS) is 40.8. The number of aliphatic hydroxyl groups is 1. The number of carbonyl (C=O) groups is 1. The van der Waals surface area contributed by atoms with Gasteiger partial charge in [0.2, 0.25) is 0 Å². The Labute approximate surface area is 64.7 Å². The minimum Gasteiger partial charge on any atom is -0.458 e. The van der Waals surface area contributed by atoms with Gasteiger partial charge in [-0.05, 0) is 6.08 Å². The number of rotatable bonds is 1. The molecule has 60 valence electrons. The van der Waals surface area contributed by atoms with Gasteiger partial charge in [0.1, 0.15) is 6.10 Å². The molecule has 2 aliphatic rings. The van der Waals surface area contributed by atoms with Crippen LogP contribution in [0.2, 0.25) is 0 Å². The maximum Gasteiger partial charge on any atom is 0.306 e. The standard InChI is InChI=1S/C8H10O3/c9-4-5-1-2-7-6(5)3-8(10)11-7/h1-2,5-7,9H,3-4H2/t5-,6-,7+/m0/s1. The Morgan fingerprint density at radius 1 is 1.64 bits per heavy atom. The van der Waals surface area contributed by atoms with Crippen molar-refractivity contribution in [3.63, 3.8) is 0 Å². The van der Waals surface area contributed by atoms with E-state index < -0.39 is 0 Å². The van der Waals surface area contributed by atoms with Gasteiger partial charge in [-0.1, -0.05) is 6.08 Å². The molecule has 11 heavy (non-hydrogen) atoms. The Hall–Kier alpha value is -0.830. The molecule has 0 unspecified atom stereocenters. The van der Waals surface area contributed by atoms with E-state index >= 15 is 0 Å². The lowest BCUT2D eigenvalue weighted by molar-refractivity contribution is -0.140. The molecule has 3 heteroatoms. The number of fused-ring (bicyclic) bond motifs is 1. The van der Waals surface area contributed by atoms with Crippen molar-refractivity contribution >= 4 is 5.97 Å². The zero-order valence-corrected chi connectivity index (χ0v) is 6.06. The van der Waals surface area contributed by atoms with Gasteiger partial charge in [0.25, 0.3) is 0 Å². The van der Waals surface area contributed by atoms with Crippen LogP contribution in [-0.4, -0.2) is 23.8 Å². The number of carbonyl (C=O) groups excluding carboxylic acids is 1. The quantitative estimate of drug-likeness (QED) is 0.430. The second-order valence-electron chi connectivity index (χ2n) is 3.05. The fourth-order valence-electron chi connectivity index (χ4n) is 1.76. The van der Waals surface area contributed by atoms with E-state index in [1.54, 1.807) is 0 Å². The van der Waals surface area contributed by atoms with Crippen LogP contribution in [0.25, 0.3) is 0 Å². The first-order valence-electron chi connectivity index (χ1n) is 3.80. The third kappa shape index (κ3) is 0.959. The fraction of sp³-hybridized carbons (Fsp3) is 0.625. The minimum absolute atomic E-state index is 0.0559. The summed E-state index contributed by atoms with van der Waals surface area (Å²) in [6.45, 7) is 0.119. The summed E-state index contributed by atoms with van der Waals surface area (Å²) in [7, 11) is 0. The summed E-state index contributed by atoms with van der Waals surface area (Å²) in [5, 5.41) is 8.88. The van der Waals surface area contributed by atoms with E-state index in [1.165, 1.54) is 0 Å². The van der Waals surface area contributed by atoms with Crippen LogP contribution in [-0.2, 0) is 9.53 Å². The molecule has 3 nitrogen and oxygen atoms in total. The Bertz CT molecular complexity index is 209. The summed E-state index contributed by atoms with van der Waals surface area (Å²) in [5.74, 6) is 0.196. The van der Waals surface area contributed by atoms with E-state index in [-0.39, 0.29) is 30.5 Å². The van der Waals surface area contributed by atoms with E-state index in [0.717, 1.165) is 0 Å². The van der Waals surface area contributed by atoms with E-state index in [0.29, 0.717) is 6.42 Å². The van der Waals surface area contributed by atoms with E-state index in [2.05, 4.69) is 0 Å². The number of ether oxygens (including phenoxy) is 1. The largest absolute Gasteiger partial charge is 0.458 e. The van der Waals surface area contributed by atoms with Crippen LogP contribution < -0.4 is 0 Å². The lowest BCUT2D eigenvalue weighted by atomic mass is 9.93. The van der Waals surface area contributed by atoms with Crippen LogP contribution in [0.4, 0.5) is 0 Å². The van der Waals surface area contributed by atoms with Crippen molar-refractivity contribution < 1.29 is 14.6 Å². The molecule has 0 aromatic heterocycles. The zero-order valence-electron chi connectivity index (χ0n) is 6.06. The smallest absolute Gasteiger partial charge is 0.306 e. The van der Waals surface area contributed by atoms with E-state index in [9.17, 15) is 4.79 Å². The molecule has 0 aromatic rings. The Morgan fingerprint density at radius 3 is 3.18 bits per heavy atom. The van der Waals surface area contributed by atoms with Gasteiger partial charge in [-0.25, -0.2) is 0 Å². The molecule has 0 radical (unpaired) electrons. The molecule has 0 saturated carbocycles. The summed E-state index contributed by atoms with van der Waals surface area (Å²) in [5.41, 5.74) is 0. The number of esters is 1. The first-order valence-corrected chi connectivity index (χ1v) is 3.80. The van der Waals surface area contributed by atoms with Crippen molar-refractivity contribution in [3.05, 3.63) is 12.2 Å². The zero-order chi connectivity index (χ0) is 7.84. The topological polar surface area (TPSA) is 46.5 Å². The van der Waals surface area contributed by atoms with Crippen LogP contribution in [0.1, 0.15) is 6.42 Å². The summed E-state index contributed by atoms with van der Waals surface area (Å²) < 4.78 is 4.98. The van der Waals surface area contributed by atoms with Crippen molar-refractivity contribution in [2.75, 3.05) is 6.61 Å². The van der Waals surface area contributed by atoms with Crippen LogP contribution >= 0.6 is 0 Å². The average molecular weight is 154 g/mol. The van der Waals surface area contributed by atoms with Gasteiger partial charge in [0.05, 0.1) is 6.42 Å². The molecule has 1 saturated heterocycles. The monoisotopic (exact) mass is 154 g/mol. The van der Waals surface area contributed by atoms with Gasteiger partial charge >= 0.3 is 5.97 Å². The summed E-state index contributed by atoms with van der Waals surface area (Å²) in [4.78, 5) is 10.8. The highest BCUT2D eigenvalue weighted by molar-refractivity contribution is 5.73. The van der Waals surface area contributed by atoms with Crippen LogP contribution in [0, 0.1) is 11.8 Å². The second-order valence-corrected chi connectivity index (χ2v) is 3.05. The first kappa shape index (κ1) is 6.85. The van der Waals surface area contributed by atoms with Crippen molar-refractivity contribution in [2.24, 2.45) is 11.8 Å². The van der Waals surface area contributed by atoms with Crippen LogP contribution in [0.15, 0.2) is 12.2 Å². The number of hydrogen-bond acceptors (Lipinski definition) is 3. The van der Waals surface area contributed by atoms with Crippen LogP contribution in [0.3, 0.4) is 0 Å². The summed E-state index contributed by atoms with van der Waals surface area (Å²) in [6.07, 6.45) is 4.21. The maximum atomic E-state index is 10.8. The molecule has 1 N–H and O–H groups in total. The van der Waals surface area contributed by atoms with Crippen LogP contribution in [0.5, 0.6) is 0 Å². The SMILES string of the molecule is O=C1C[C@H]2[C@H](CO)C=C[C@H]2O1. The van der Waals surface area contributed by atoms with E-state index in [1.807, 2.05) is 12.2 Å². The number of hydrogen-bond donors (Lipinski definition) is 1. The highest BCUT2D eigenvalue weighted by Gasteiger charge is 2.40. The molecule has 1 aliphatic carbocycles. The molecule has 3 atom stereocenters. The molecule has 0 spiro atoms. The average Bonchev–Trinajstić information content (AvgIpc) is 2.45. The Kier molecular flexibility index (Phi) is 1.46. The lowest BCUT2D eigenvalue weighted by Gasteiger charge is -2.11. The van der Waals surface area contributed by atoms with Crippen molar-refractivity contribution in [1.29, 1.82) is 0 Å². The third-order valence-electron chi connectivity index (χ3n) is 2.40. The van der Waals surface area contributed by atoms with Gasteiger partial charge < -0.3 is 9.84 Å². The predicted octanol–water partition coefficient (Wildman–Crippen LogP) is 0.0964. The number of aliphatic hydroxyl groups excluding tert-OH is 1. The Balaban J connectivity index is 2.13. The highest BCUT2D eigenvalue weighted by Crippen LogP contribution is 2.35. The van der Waals surface area contributed by atoms with Crippen molar-refractivity contribution in [2.45, 2.75) is 12.5 Å². The molecular formula is C8H10O3. The van der Waals surface area contributed by atoms with Crippen molar-refractivity contribution in [3.8, 4) is 0 Å². The molecular weight excluding hydrogens is 144 g/mol. The van der Waals surface area contributed by atoms with Gasteiger partial charge in [-0.2, -0.15) is 0 Å². The lowest BCUT2D eigenvalue weighted by Crippen LogP contribution is -2.17. The van der Waals surface area contributed by atoms with Gasteiger partial charge in [-0.3, -0.25) is 4.79 Å². The van der Waals surface area contributed by atoms with Crippen molar-refractivity contribution in [1.82, 2.24) is 0 Å². The summed E-state index contributed by atoms with van der Waals surface area (Å²) >= 11 is 0. The van der Waals surface area contributed by atoms with E-state index in [4.69, 9.17) is 9.84 Å². The first-order chi connectivity index (χ1) is 5.31. The van der Waals surface area contributed by atoms with Gasteiger partial charge in [-0.15, -0.1) is 0 Å².